The lowest BCUT2D eigenvalue weighted by Crippen LogP contribution is -2.20. The standard InChI is InChI=1S/C13H14Br2N4O/c1-7-12(16)8(2)19(18-7)6-11(20)17-13-9(14)4-3-5-10(13)15/h3-5H,6,16H2,1-2H3,(H,17,20). The smallest absolute Gasteiger partial charge is 0.246 e. The van der Waals surface area contributed by atoms with Crippen molar-refractivity contribution in [2.75, 3.05) is 11.1 Å². The Labute approximate surface area is 133 Å². The molecular formula is C13H14Br2N4O. The van der Waals surface area contributed by atoms with Gasteiger partial charge in [0.15, 0.2) is 0 Å². The number of halogens is 2. The summed E-state index contributed by atoms with van der Waals surface area (Å²) in [7, 11) is 0. The summed E-state index contributed by atoms with van der Waals surface area (Å²) in [5, 5.41) is 7.09. The molecule has 5 nitrogen and oxygen atoms in total. The SMILES string of the molecule is Cc1nn(CC(=O)Nc2c(Br)cccc2Br)c(C)c1N. The van der Waals surface area contributed by atoms with Crippen LogP contribution in [-0.2, 0) is 11.3 Å². The number of benzene rings is 1. The topological polar surface area (TPSA) is 72.9 Å². The van der Waals surface area contributed by atoms with Gasteiger partial charge in [-0.15, -0.1) is 0 Å². The number of rotatable bonds is 3. The average Bonchev–Trinajstić information content (AvgIpc) is 2.62. The molecule has 1 aromatic carbocycles. The highest BCUT2D eigenvalue weighted by molar-refractivity contribution is 9.11. The van der Waals surface area contributed by atoms with E-state index in [2.05, 4.69) is 42.3 Å². The summed E-state index contributed by atoms with van der Waals surface area (Å²) >= 11 is 6.81. The zero-order valence-corrected chi connectivity index (χ0v) is 14.2. The van der Waals surface area contributed by atoms with Crippen LogP contribution in [0.3, 0.4) is 0 Å². The number of nitrogen functional groups attached to an aromatic ring is 1. The van der Waals surface area contributed by atoms with E-state index >= 15 is 0 Å². The van der Waals surface area contributed by atoms with Crippen LogP contribution in [0.25, 0.3) is 0 Å². The van der Waals surface area contributed by atoms with Gasteiger partial charge >= 0.3 is 0 Å². The molecule has 0 spiro atoms. The Hall–Kier alpha value is -1.34. The first kappa shape index (κ1) is 15.1. The van der Waals surface area contributed by atoms with Gasteiger partial charge in [-0.1, -0.05) is 6.07 Å². The van der Waals surface area contributed by atoms with Gasteiger partial charge in [-0.05, 0) is 57.8 Å². The number of para-hydroxylation sites is 1. The first-order valence-corrected chi connectivity index (χ1v) is 7.52. The van der Waals surface area contributed by atoms with Crippen LogP contribution in [0.4, 0.5) is 11.4 Å². The number of nitrogens with two attached hydrogens (primary N) is 1. The van der Waals surface area contributed by atoms with Crippen LogP contribution in [0.2, 0.25) is 0 Å². The highest BCUT2D eigenvalue weighted by atomic mass is 79.9. The number of carbonyl (C=O) groups is 1. The minimum Gasteiger partial charge on any atom is -0.396 e. The van der Waals surface area contributed by atoms with E-state index in [9.17, 15) is 4.79 Å². The van der Waals surface area contributed by atoms with E-state index in [-0.39, 0.29) is 12.5 Å². The monoisotopic (exact) mass is 400 g/mol. The minimum atomic E-state index is -0.164. The molecule has 3 N–H and O–H groups in total. The number of nitrogens with one attached hydrogen (secondary N) is 1. The highest BCUT2D eigenvalue weighted by Crippen LogP contribution is 2.30. The summed E-state index contributed by atoms with van der Waals surface area (Å²) in [5.74, 6) is -0.164. The van der Waals surface area contributed by atoms with E-state index in [0.29, 0.717) is 11.4 Å². The van der Waals surface area contributed by atoms with Crippen LogP contribution < -0.4 is 11.1 Å². The average molecular weight is 402 g/mol. The lowest BCUT2D eigenvalue weighted by atomic mass is 10.3. The molecule has 7 heteroatoms. The third-order valence-corrected chi connectivity index (χ3v) is 4.28. The summed E-state index contributed by atoms with van der Waals surface area (Å²) in [6, 6.07) is 5.61. The van der Waals surface area contributed by atoms with Crippen molar-refractivity contribution in [1.82, 2.24) is 9.78 Å². The Morgan fingerprint density at radius 1 is 1.35 bits per heavy atom. The molecule has 106 valence electrons. The fourth-order valence-electron chi connectivity index (χ4n) is 1.80. The number of nitrogens with zero attached hydrogens (tertiary/aromatic N) is 2. The molecule has 2 rings (SSSR count). The molecule has 20 heavy (non-hydrogen) atoms. The summed E-state index contributed by atoms with van der Waals surface area (Å²) in [6.07, 6.45) is 0. The first-order valence-electron chi connectivity index (χ1n) is 5.93. The molecule has 1 aromatic heterocycles. The maximum absolute atomic E-state index is 12.1. The molecule has 0 fully saturated rings. The Morgan fingerprint density at radius 3 is 2.45 bits per heavy atom. The van der Waals surface area contributed by atoms with Crippen LogP contribution in [0, 0.1) is 13.8 Å². The maximum Gasteiger partial charge on any atom is 0.246 e. The third kappa shape index (κ3) is 3.04. The largest absolute Gasteiger partial charge is 0.396 e. The second kappa shape index (κ2) is 5.97. The molecule has 0 aliphatic heterocycles. The molecule has 1 heterocycles. The number of amides is 1. The van der Waals surface area contributed by atoms with Gasteiger partial charge in [-0.2, -0.15) is 5.10 Å². The summed E-state index contributed by atoms with van der Waals surface area (Å²) in [4.78, 5) is 12.1. The van der Waals surface area contributed by atoms with Crippen molar-refractivity contribution in [3.8, 4) is 0 Å². The van der Waals surface area contributed by atoms with Crippen molar-refractivity contribution in [2.45, 2.75) is 20.4 Å². The van der Waals surface area contributed by atoms with Gasteiger partial charge < -0.3 is 11.1 Å². The second-order valence-electron chi connectivity index (χ2n) is 4.39. The van der Waals surface area contributed by atoms with Crippen LogP contribution in [0.1, 0.15) is 11.4 Å². The maximum atomic E-state index is 12.1. The van der Waals surface area contributed by atoms with Crippen LogP contribution in [-0.4, -0.2) is 15.7 Å². The summed E-state index contributed by atoms with van der Waals surface area (Å²) in [5.41, 5.74) is 8.70. The van der Waals surface area contributed by atoms with Crippen molar-refractivity contribution < 1.29 is 4.79 Å². The molecule has 0 atom stereocenters. The zero-order valence-electron chi connectivity index (χ0n) is 11.1. The Balaban J connectivity index is 2.15. The van der Waals surface area contributed by atoms with Gasteiger partial charge in [0.1, 0.15) is 6.54 Å². The Kier molecular flexibility index (Phi) is 4.49. The second-order valence-corrected chi connectivity index (χ2v) is 6.10. The highest BCUT2D eigenvalue weighted by Gasteiger charge is 2.13. The number of aromatic nitrogens is 2. The van der Waals surface area contributed by atoms with Gasteiger partial charge in [0.2, 0.25) is 5.91 Å². The molecule has 0 unspecified atom stereocenters. The van der Waals surface area contributed by atoms with Crippen LogP contribution in [0.15, 0.2) is 27.1 Å². The van der Waals surface area contributed by atoms with Gasteiger partial charge in [0.25, 0.3) is 0 Å². The van der Waals surface area contributed by atoms with Crippen LogP contribution >= 0.6 is 31.9 Å². The molecular weight excluding hydrogens is 388 g/mol. The van der Waals surface area contributed by atoms with E-state index in [4.69, 9.17) is 5.73 Å². The minimum absolute atomic E-state index is 0.123. The fraction of sp³-hybridized carbons (Fsp3) is 0.231. The van der Waals surface area contributed by atoms with E-state index < -0.39 is 0 Å². The molecule has 0 saturated carbocycles. The van der Waals surface area contributed by atoms with Crippen molar-refractivity contribution in [3.05, 3.63) is 38.5 Å². The molecule has 0 bridgehead atoms. The van der Waals surface area contributed by atoms with Crippen molar-refractivity contribution in [3.63, 3.8) is 0 Å². The number of aryl methyl sites for hydroxylation is 1. The Morgan fingerprint density at radius 2 is 1.95 bits per heavy atom. The number of carbonyl (C=O) groups excluding carboxylic acids is 1. The van der Waals surface area contributed by atoms with E-state index in [1.807, 2.05) is 32.0 Å². The molecule has 0 saturated heterocycles. The van der Waals surface area contributed by atoms with E-state index in [1.165, 1.54) is 0 Å². The molecule has 2 aromatic rings. The molecule has 0 aliphatic carbocycles. The van der Waals surface area contributed by atoms with Crippen molar-refractivity contribution in [1.29, 1.82) is 0 Å². The lowest BCUT2D eigenvalue weighted by Gasteiger charge is -2.10. The van der Waals surface area contributed by atoms with Crippen molar-refractivity contribution >= 4 is 49.1 Å². The van der Waals surface area contributed by atoms with Gasteiger partial charge in [0.05, 0.1) is 22.8 Å². The van der Waals surface area contributed by atoms with E-state index in [0.717, 1.165) is 20.3 Å². The van der Waals surface area contributed by atoms with E-state index in [1.54, 1.807) is 4.68 Å². The molecule has 0 radical (unpaired) electrons. The first-order chi connectivity index (χ1) is 9.40. The third-order valence-electron chi connectivity index (χ3n) is 2.96. The van der Waals surface area contributed by atoms with Gasteiger partial charge in [-0.25, -0.2) is 0 Å². The normalized spacial score (nSPS) is 10.6. The number of anilines is 2. The fourth-order valence-corrected chi connectivity index (χ4v) is 2.99. The number of hydrogen-bond acceptors (Lipinski definition) is 3. The quantitative estimate of drug-likeness (QED) is 0.828. The summed E-state index contributed by atoms with van der Waals surface area (Å²) in [6.45, 7) is 3.79. The molecule has 1 amide bonds. The van der Waals surface area contributed by atoms with Gasteiger partial charge in [-0.3, -0.25) is 9.48 Å². The predicted molar refractivity (Wildman–Crippen MR) is 86.6 cm³/mol. The van der Waals surface area contributed by atoms with Gasteiger partial charge in [0, 0.05) is 8.95 Å². The van der Waals surface area contributed by atoms with Crippen molar-refractivity contribution in [2.24, 2.45) is 0 Å². The summed E-state index contributed by atoms with van der Waals surface area (Å²) < 4.78 is 3.23. The zero-order chi connectivity index (χ0) is 14.9. The Bertz CT molecular complexity index is 646. The predicted octanol–water partition coefficient (Wildman–Crippen LogP) is 3.25. The number of hydrogen-bond donors (Lipinski definition) is 2. The molecule has 0 aliphatic rings. The van der Waals surface area contributed by atoms with Crippen LogP contribution in [0.5, 0.6) is 0 Å². The lowest BCUT2D eigenvalue weighted by molar-refractivity contribution is -0.116.